The summed E-state index contributed by atoms with van der Waals surface area (Å²) in [6.07, 6.45) is 2.75. The maximum Gasteiger partial charge on any atom is 0.319 e. The molecule has 0 fully saturated rings. The van der Waals surface area contributed by atoms with Gasteiger partial charge in [-0.15, -0.1) is 0 Å². The van der Waals surface area contributed by atoms with Gasteiger partial charge in [-0.25, -0.2) is 4.79 Å². The molecule has 1 aromatic carbocycles. The van der Waals surface area contributed by atoms with Crippen LogP contribution in [0.2, 0.25) is 0 Å². The Bertz CT molecular complexity index is 553. The number of rotatable bonds is 4. The number of aliphatic hydroxyl groups is 1. The SMILES string of the molecule is CC(O)c1ccc(CNC(=O)Nc2cccnc2)cc1. The number of aromatic nitrogens is 1. The quantitative estimate of drug-likeness (QED) is 0.799. The lowest BCUT2D eigenvalue weighted by Crippen LogP contribution is -2.28. The lowest BCUT2D eigenvalue weighted by molar-refractivity contribution is 0.199. The van der Waals surface area contributed by atoms with Gasteiger partial charge in [-0.1, -0.05) is 24.3 Å². The fourth-order valence-corrected chi connectivity index (χ4v) is 1.71. The molecule has 2 aromatic rings. The van der Waals surface area contributed by atoms with Crippen LogP contribution in [0.1, 0.15) is 24.2 Å². The van der Waals surface area contributed by atoms with Crippen molar-refractivity contribution in [2.75, 3.05) is 5.32 Å². The number of urea groups is 1. The largest absolute Gasteiger partial charge is 0.389 e. The second-order valence-electron chi connectivity index (χ2n) is 4.47. The first-order valence-electron chi connectivity index (χ1n) is 6.37. The van der Waals surface area contributed by atoms with E-state index in [-0.39, 0.29) is 6.03 Å². The van der Waals surface area contributed by atoms with E-state index in [1.54, 1.807) is 31.5 Å². The Hall–Kier alpha value is -2.40. The van der Waals surface area contributed by atoms with Crippen molar-refractivity contribution in [3.63, 3.8) is 0 Å². The van der Waals surface area contributed by atoms with Crippen LogP contribution >= 0.6 is 0 Å². The molecule has 0 bridgehead atoms. The van der Waals surface area contributed by atoms with Gasteiger partial charge in [0.15, 0.2) is 0 Å². The van der Waals surface area contributed by atoms with Crippen LogP contribution in [-0.2, 0) is 6.54 Å². The van der Waals surface area contributed by atoms with Crippen LogP contribution in [0.5, 0.6) is 0 Å². The second kappa shape index (κ2) is 6.68. The molecule has 1 unspecified atom stereocenters. The van der Waals surface area contributed by atoms with E-state index in [0.717, 1.165) is 11.1 Å². The van der Waals surface area contributed by atoms with Crippen molar-refractivity contribution in [3.05, 3.63) is 59.9 Å². The third-order valence-electron chi connectivity index (χ3n) is 2.83. The number of nitrogens with zero attached hydrogens (tertiary/aromatic N) is 1. The molecule has 0 radical (unpaired) electrons. The molecule has 0 aliphatic carbocycles. The third-order valence-corrected chi connectivity index (χ3v) is 2.83. The molecule has 1 aromatic heterocycles. The first-order chi connectivity index (χ1) is 9.65. The van der Waals surface area contributed by atoms with Gasteiger partial charge in [0, 0.05) is 12.7 Å². The molecule has 1 atom stereocenters. The Balaban J connectivity index is 1.84. The minimum Gasteiger partial charge on any atom is -0.389 e. The Labute approximate surface area is 117 Å². The summed E-state index contributed by atoms with van der Waals surface area (Å²) in [4.78, 5) is 15.6. The number of carbonyl (C=O) groups is 1. The maximum absolute atomic E-state index is 11.7. The van der Waals surface area contributed by atoms with Crippen molar-refractivity contribution in [3.8, 4) is 0 Å². The summed E-state index contributed by atoms with van der Waals surface area (Å²) >= 11 is 0. The van der Waals surface area contributed by atoms with Gasteiger partial charge in [0.2, 0.25) is 0 Å². The van der Waals surface area contributed by atoms with Crippen molar-refractivity contribution >= 4 is 11.7 Å². The number of hydrogen-bond acceptors (Lipinski definition) is 3. The summed E-state index contributed by atoms with van der Waals surface area (Å²) in [7, 11) is 0. The van der Waals surface area contributed by atoms with Crippen molar-refractivity contribution < 1.29 is 9.90 Å². The van der Waals surface area contributed by atoms with Crippen LogP contribution in [0.15, 0.2) is 48.8 Å². The summed E-state index contributed by atoms with van der Waals surface area (Å²) in [5, 5.41) is 14.9. The van der Waals surface area contributed by atoms with Crippen LogP contribution in [0.4, 0.5) is 10.5 Å². The number of nitrogens with one attached hydrogen (secondary N) is 2. The van der Waals surface area contributed by atoms with E-state index in [9.17, 15) is 9.90 Å². The highest BCUT2D eigenvalue weighted by atomic mass is 16.3. The van der Waals surface area contributed by atoms with E-state index < -0.39 is 6.10 Å². The normalized spacial score (nSPS) is 11.7. The second-order valence-corrected chi connectivity index (χ2v) is 4.47. The van der Waals surface area contributed by atoms with Crippen molar-refractivity contribution in [1.82, 2.24) is 10.3 Å². The minimum atomic E-state index is -0.481. The Morgan fingerprint density at radius 3 is 2.65 bits per heavy atom. The summed E-state index contributed by atoms with van der Waals surface area (Å²) in [6, 6.07) is 10.7. The smallest absolute Gasteiger partial charge is 0.319 e. The molecule has 20 heavy (non-hydrogen) atoms. The molecule has 3 N–H and O–H groups in total. The van der Waals surface area contributed by atoms with E-state index in [1.807, 2.05) is 24.3 Å². The standard InChI is InChI=1S/C15H17N3O2/c1-11(19)13-6-4-12(5-7-13)9-17-15(20)18-14-3-2-8-16-10-14/h2-8,10-11,19H,9H2,1H3,(H2,17,18,20). The maximum atomic E-state index is 11.7. The van der Waals surface area contributed by atoms with Crippen LogP contribution in [0.25, 0.3) is 0 Å². The third kappa shape index (κ3) is 4.07. The first kappa shape index (κ1) is 14.0. The van der Waals surface area contributed by atoms with Gasteiger partial charge in [0.1, 0.15) is 0 Å². The number of aliphatic hydroxyl groups excluding tert-OH is 1. The zero-order chi connectivity index (χ0) is 14.4. The molecule has 5 nitrogen and oxygen atoms in total. The number of carbonyl (C=O) groups excluding carboxylic acids is 1. The van der Waals surface area contributed by atoms with E-state index >= 15 is 0 Å². The van der Waals surface area contributed by atoms with Crippen LogP contribution in [0, 0.1) is 0 Å². The van der Waals surface area contributed by atoms with E-state index in [1.165, 1.54) is 0 Å². The van der Waals surface area contributed by atoms with Crippen molar-refractivity contribution in [1.29, 1.82) is 0 Å². The molecule has 2 rings (SSSR count). The monoisotopic (exact) mass is 271 g/mol. The van der Waals surface area contributed by atoms with Crippen molar-refractivity contribution in [2.45, 2.75) is 19.6 Å². The molecule has 1 heterocycles. The predicted molar refractivity (Wildman–Crippen MR) is 77.2 cm³/mol. The average molecular weight is 271 g/mol. The summed E-state index contributed by atoms with van der Waals surface area (Å²) < 4.78 is 0. The molecule has 0 aliphatic heterocycles. The van der Waals surface area contributed by atoms with Gasteiger partial charge in [0.05, 0.1) is 18.0 Å². The zero-order valence-corrected chi connectivity index (χ0v) is 11.2. The van der Waals surface area contributed by atoms with Crippen LogP contribution < -0.4 is 10.6 Å². The zero-order valence-electron chi connectivity index (χ0n) is 11.2. The lowest BCUT2D eigenvalue weighted by atomic mass is 10.1. The van der Waals surface area contributed by atoms with Crippen LogP contribution in [-0.4, -0.2) is 16.1 Å². The summed E-state index contributed by atoms with van der Waals surface area (Å²) in [6.45, 7) is 2.14. The lowest BCUT2D eigenvalue weighted by Gasteiger charge is -2.09. The molecule has 2 amide bonds. The molecule has 5 heteroatoms. The fourth-order valence-electron chi connectivity index (χ4n) is 1.71. The average Bonchev–Trinajstić information content (AvgIpc) is 2.46. The molecule has 0 saturated carbocycles. The summed E-state index contributed by atoms with van der Waals surface area (Å²) in [5.74, 6) is 0. The fraction of sp³-hybridized carbons (Fsp3) is 0.200. The minimum absolute atomic E-state index is 0.280. The topological polar surface area (TPSA) is 74.2 Å². The first-order valence-corrected chi connectivity index (χ1v) is 6.37. The number of hydrogen-bond donors (Lipinski definition) is 3. The van der Waals surface area contributed by atoms with Gasteiger partial charge in [0.25, 0.3) is 0 Å². The molecule has 0 spiro atoms. The highest BCUT2D eigenvalue weighted by molar-refractivity contribution is 5.88. The molecule has 0 saturated heterocycles. The summed E-state index contributed by atoms with van der Waals surface area (Å²) in [5.41, 5.74) is 2.47. The van der Waals surface area contributed by atoms with Gasteiger partial charge < -0.3 is 15.7 Å². The molecule has 104 valence electrons. The highest BCUT2D eigenvalue weighted by Crippen LogP contribution is 2.12. The molecular weight excluding hydrogens is 254 g/mol. The van der Waals surface area contributed by atoms with E-state index in [0.29, 0.717) is 12.2 Å². The van der Waals surface area contributed by atoms with E-state index in [4.69, 9.17) is 0 Å². The van der Waals surface area contributed by atoms with E-state index in [2.05, 4.69) is 15.6 Å². The Morgan fingerprint density at radius 2 is 2.05 bits per heavy atom. The van der Waals surface area contributed by atoms with Crippen molar-refractivity contribution in [2.24, 2.45) is 0 Å². The number of pyridine rings is 1. The van der Waals surface area contributed by atoms with Gasteiger partial charge in [-0.2, -0.15) is 0 Å². The number of benzene rings is 1. The van der Waals surface area contributed by atoms with Gasteiger partial charge in [-0.05, 0) is 30.2 Å². The Kier molecular flexibility index (Phi) is 4.68. The Morgan fingerprint density at radius 1 is 1.30 bits per heavy atom. The van der Waals surface area contributed by atoms with Crippen LogP contribution in [0.3, 0.4) is 0 Å². The molecular formula is C15H17N3O2. The number of anilines is 1. The number of amides is 2. The highest BCUT2D eigenvalue weighted by Gasteiger charge is 2.03. The van der Waals surface area contributed by atoms with Gasteiger partial charge in [-0.3, -0.25) is 4.98 Å². The van der Waals surface area contributed by atoms with Gasteiger partial charge >= 0.3 is 6.03 Å². The molecule has 0 aliphatic rings. The predicted octanol–water partition coefficient (Wildman–Crippen LogP) is 2.46.